The van der Waals surface area contributed by atoms with Crippen molar-refractivity contribution in [2.45, 2.75) is 12.2 Å². The van der Waals surface area contributed by atoms with E-state index in [2.05, 4.69) is 5.32 Å². The van der Waals surface area contributed by atoms with Crippen LogP contribution in [-0.4, -0.2) is 67.6 Å². The largest absolute Gasteiger partial charge is 0.620 e. The number of likely N-dealkylation sites (tertiary alicyclic amines) is 1. The van der Waals surface area contributed by atoms with Crippen LogP contribution >= 0.6 is 23.2 Å². The summed E-state index contributed by atoms with van der Waals surface area (Å²) in [5.41, 5.74) is 0.228. The molecule has 0 N–H and O–H groups in total. The van der Waals surface area contributed by atoms with Crippen LogP contribution in [0, 0.1) is 5.82 Å². The molecule has 0 atom stereocenters. The number of hydrogen-bond acceptors (Lipinski definition) is 4. The summed E-state index contributed by atoms with van der Waals surface area (Å²) in [4.78, 5) is 29.3. The van der Waals surface area contributed by atoms with Gasteiger partial charge in [-0.15, -0.1) is 0 Å². The van der Waals surface area contributed by atoms with E-state index in [4.69, 9.17) is 27.9 Å². The van der Waals surface area contributed by atoms with Crippen LogP contribution in [0.5, 0.6) is 5.75 Å². The maximum absolute atomic E-state index is 14.2. The number of carbonyl (C=O) groups is 2. The average molecular weight is 696 g/mol. The molecule has 40 heavy (non-hydrogen) atoms. The Morgan fingerprint density at radius 1 is 1.05 bits per heavy atom. The van der Waals surface area contributed by atoms with Crippen molar-refractivity contribution >= 4 is 40.7 Å². The number of likely N-dealkylation sites (N-methyl/N-ethyl adjacent to an activating group) is 1. The first-order valence-corrected chi connectivity index (χ1v) is 12.4. The van der Waals surface area contributed by atoms with E-state index in [0.29, 0.717) is 29.8 Å². The second-order valence-corrected chi connectivity index (χ2v) is 9.94. The molecule has 208 valence electrons. The van der Waals surface area contributed by atoms with E-state index in [1.54, 1.807) is 11.0 Å². The first-order chi connectivity index (χ1) is 18.3. The minimum atomic E-state index is -4.68. The summed E-state index contributed by atoms with van der Waals surface area (Å²) in [6, 6.07) is 12.4. The van der Waals surface area contributed by atoms with Gasteiger partial charge in [0.05, 0.1) is 16.5 Å². The molecule has 1 saturated heterocycles. The maximum Gasteiger partial charge on any atom is 0.422 e. The van der Waals surface area contributed by atoms with Gasteiger partial charge in [-0.2, -0.15) is 13.2 Å². The topological polar surface area (TPSA) is 64.0 Å². The number of amides is 2. The van der Waals surface area contributed by atoms with Gasteiger partial charge in [0.25, 0.3) is 5.91 Å². The van der Waals surface area contributed by atoms with Gasteiger partial charge in [0.15, 0.2) is 6.61 Å². The van der Waals surface area contributed by atoms with Crippen LogP contribution in [0.4, 0.5) is 23.2 Å². The van der Waals surface area contributed by atoms with Gasteiger partial charge in [0, 0.05) is 62.6 Å². The van der Waals surface area contributed by atoms with E-state index in [0.717, 1.165) is 6.07 Å². The van der Waals surface area contributed by atoms with E-state index in [9.17, 15) is 27.2 Å². The molecule has 0 aliphatic carbocycles. The normalized spacial score (nSPS) is 13.5. The zero-order valence-corrected chi connectivity index (χ0v) is 27.0. The Labute approximate surface area is 258 Å². The van der Waals surface area contributed by atoms with Crippen molar-refractivity contribution in [3.63, 3.8) is 0 Å². The molecule has 0 unspecified atom stereocenters. The number of alkyl halides is 3. The Morgan fingerprint density at radius 3 is 2.38 bits per heavy atom. The van der Waals surface area contributed by atoms with Gasteiger partial charge in [-0.05, 0) is 56.1 Å². The predicted octanol–water partition coefficient (Wildman–Crippen LogP) is 6.97. The fourth-order valence-electron chi connectivity index (χ4n) is 3.93. The first-order valence-electron chi connectivity index (χ1n) is 11.6. The van der Waals surface area contributed by atoms with Crippen molar-refractivity contribution in [1.82, 2.24) is 9.80 Å². The molecule has 0 aromatic heterocycles. The van der Waals surface area contributed by atoms with Crippen molar-refractivity contribution in [3.05, 3.63) is 86.9 Å². The van der Waals surface area contributed by atoms with Gasteiger partial charge in [0.1, 0.15) is 11.6 Å². The number of hydrogen-bond donors (Lipinski definition) is 0. The molecule has 13 heteroatoms. The Balaban J connectivity index is 0.00000441. The summed E-state index contributed by atoms with van der Waals surface area (Å²) in [5.74, 6) is -2.63. The van der Waals surface area contributed by atoms with E-state index in [-0.39, 0.29) is 55.0 Å². The molecular weight excluding hydrogens is 674 g/mol. The molecule has 4 rings (SSSR count). The zero-order valence-electron chi connectivity index (χ0n) is 21.4. The quantitative estimate of drug-likeness (QED) is 0.198. The Morgan fingerprint density at radius 2 is 1.75 bits per heavy atom. The van der Waals surface area contributed by atoms with Crippen molar-refractivity contribution < 1.29 is 59.2 Å². The van der Waals surface area contributed by atoms with Crippen LogP contribution in [0.15, 0.2) is 54.6 Å². The zero-order chi connectivity index (χ0) is 28.5. The fourth-order valence-corrected chi connectivity index (χ4v) is 4.40. The number of benzene rings is 3. The monoisotopic (exact) mass is 696 g/mol. The summed E-state index contributed by atoms with van der Waals surface area (Å²) in [6.45, 7) is -0.535. The van der Waals surface area contributed by atoms with Gasteiger partial charge in [-0.25, -0.2) is 4.39 Å². The van der Waals surface area contributed by atoms with Crippen LogP contribution in [-0.2, 0) is 27.3 Å². The van der Waals surface area contributed by atoms with Gasteiger partial charge in [-0.1, -0.05) is 47.1 Å². The van der Waals surface area contributed by atoms with Gasteiger partial charge in [-0.3, -0.25) is 4.79 Å². The SMILES string of the molecule is CN(C)C1CN(C(=O)c2ccc(Cl)c(-c3ccc([N-]C(=O)c4c(F)cccc4Cl)c(OCC(F)(F)F)c3)c2)C1.[Cd]. The maximum atomic E-state index is 14.2. The minimum absolute atomic E-state index is 0. The second-order valence-electron chi connectivity index (χ2n) is 9.12. The molecule has 3 aromatic carbocycles. The number of rotatable bonds is 7. The molecule has 0 spiro atoms. The molecule has 0 radical (unpaired) electrons. The third-order valence-electron chi connectivity index (χ3n) is 6.15. The molecule has 0 bridgehead atoms. The molecule has 3 aromatic rings. The molecule has 1 fully saturated rings. The predicted molar refractivity (Wildman–Crippen MR) is 141 cm³/mol. The second kappa shape index (κ2) is 13.0. The van der Waals surface area contributed by atoms with Crippen LogP contribution < -0.4 is 4.74 Å². The summed E-state index contributed by atoms with van der Waals surface area (Å²) >= 11 is 12.3. The molecule has 0 saturated carbocycles. The van der Waals surface area contributed by atoms with Crippen molar-refractivity contribution in [2.24, 2.45) is 0 Å². The van der Waals surface area contributed by atoms with Gasteiger partial charge >= 0.3 is 6.18 Å². The molecule has 1 heterocycles. The van der Waals surface area contributed by atoms with Crippen molar-refractivity contribution in [3.8, 4) is 16.9 Å². The summed E-state index contributed by atoms with van der Waals surface area (Å²) in [5, 5.41) is 3.80. The molecule has 2 amide bonds. The Bertz CT molecular complexity index is 1400. The first kappa shape index (κ1) is 32.1. The molecule has 1 aliphatic rings. The van der Waals surface area contributed by atoms with E-state index in [1.165, 1.54) is 42.5 Å². The van der Waals surface area contributed by atoms with Crippen LogP contribution in [0.2, 0.25) is 10.0 Å². The van der Waals surface area contributed by atoms with Crippen molar-refractivity contribution in [2.75, 3.05) is 33.8 Å². The number of ether oxygens (including phenoxy) is 1. The summed E-state index contributed by atoms with van der Waals surface area (Å²) in [6.07, 6.45) is -4.68. The van der Waals surface area contributed by atoms with E-state index >= 15 is 0 Å². The Kier molecular flexibility index (Phi) is 10.5. The smallest absolute Gasteiger partial charge is 0.422 e. The van der Waals surface area contributed by atoms with Gasteiger partial charge < -0.3 is 24.6 Å². The van der Waals surface area contributed by atoms with Crippen LogP contribution in [0.3, 0.4) is 0 Å². The van der Waals surface area contributed by atoms with E-state index < -0.39 is 35.8 Å². The Hall–Kier alpha value is -2.42. The summed E-state index contributed by atoms with van der Waals surface area (Å²) < 4.78 is 58.1. The molecule has 6 nitrogen and oxygen atoms in total. The van der Waals surface area contributed by atoms with E-state index in [1.807, 2.05) is 19.0 Å². The van der Waals surface area contributed by atoms with Gasteiger partial charge in [0.2, 0.25) is 0 Å². The minimum Gasteiger partial charge on any atom is -0.620 e. The standard InChI is InChI=1S/C27H23Cl2F4N3O3.Cd/c1-35(2)17-12-36(13-17)26(38)16-6-8-19(28)18(10-16)15-7-9-22(23(11-15)39-14-27(31,32)33)34-25(37)24-20(29)4-3-5-21(24)30;/h3-11,17H,12-14H2,1-2H3,(H,34,37);/p-1. The third-order valence-corrected chi connectivity index (χ3v) is 6.80. The average Bonchev–Trinajstić information content (AvgIpc) is 2.82. The van der Waals surface area contributed by atoms with Crippen LogP contribution in [0.1, 0.15) is 20.7 Å². The van der Waals surface area contributed by atoms with Crippen molar-refractivity contribution in [1.29, 1.82) is 0 Å². The third kappa shape index (κ3) is 7.45. The molecular formula is C27H22CdCl2F4N3O3-. The summed E-state index contributed by atoms with van der Waals surface area (Å²) in [7, 11) is 3.86. The number of nitrogens with zero attached hydrogens (tertiary/aromatic N) is 3. The number of carbonyl (C=O) groups excluding carboxylic acids is 2. The van der Waals surface area contributed by atoms with Crippen LogP contribution in [0.25, 0.3) is 16.4 Å². The fraction of sp³-hybridized carbons (Fsp3) is 0.259. The number of halogens is 6. The molecule has 1 aliphatic heterocycles.